The van der Waals surface area contributed by atoms with E-state index in [2.05, 4.69) is 19.2 Å². The Kier molecular flexibility index (Phi) is 6.04. The van der Waals surface area contributed by atoms with E-state index in [0.717, 1.165) is 24.4 Å². The van der Waals surface area contributed by atoms with Crippen molar-refractivity contribution in [2.24, 2.45) is 11.8 Å². The lowest BCUT2D eigenvalue weighted by molar-refractivity contribution is 0.200. The molecule has 0 amide bonds. The Labute approximate surface area is 128 Å². The fourth-order valence-electron chi connectivity index (χ4n) is 3.63. The van der Waals surface area contributed by atoms with Crippen molar-refractivity contribution in [3.8, 4) is 5.75 Å². The number of nitrogens with one attached hydrogen (secondary N) is 1. The SMILES string of the molecule is CCNC1CCC(CC)CC1Cc1ccc(OC)c(F)c1. The first-order valence-corrected chi connectivity index (χ1v) is 8.23. The molecule has 2 rings (SSSR count). The normalized spacial score (nSPS) is 25.8. The lowest BCUT2D eigenvalue weighted by atomic mass is 9.74. The molecule has 0 radical (unpaired) electrons. The topological polar surface area (TPSA) is 21.3 Å². The van der Waals surface area contributed by atoms with Crippen molar-refractivity contribution in [1.82, 2.24) is 5.32 Å². The molecule has 0 bridgehead atoms. The van der Waals surface area contributed by atoms with Crippen molar-refractivity contribution in [3.05, 3.63) is 29.6 Å². The van der Waals surface area contributed by atoms with Gasteiger partial charge in [0.05, 0.1) is 7.11 Å². The lowest BCUT2D eigenvalue weighted by Crippen LogP contribution is -2.41. The zero-order chi connectivity index (χ0) is 15.2. The van der Waals surface area contributed by atoms with Gasteiger partial charge in [-0.15, -0.1) is 0 Å². The van der Waals surface area contributed by atoms with Gasteiger partial charge in [-0.05, 0) is 61.8 Å². The average Bonchev–Trinajstić information content (AvgIpc) is 2.49. The van der Waals surface area contributed by atoms with E-state index in [1.807, 2.05) is 6.07 Å². The third-order valence-corrected chi connectivity index (χ3v) is 4.85. The predicted octanol–water partition coefficient (Wildman–Crippen LogP) is 4.18. The van der Waals surface area contributed by atoms with Gasteiger partial charge in [-0.3, -0.25) is 0 Å². The largest absolute Gasteiger partial charge is 0.494 e. The zero-order valence-electron chi connectivity index (χ0n) is 13.5. The van der Waals surface area contributed by atoms with Crippen LogP contribution in [0.15, 0.2) is 18.2 Å². The van der Waals surface area contributed by atoms with Crippen LogP contribution in [-0.2, 0) is 6.42 Å². The maximum atomic E-state index is 13.9. The molecule has 3 unspecified atom stereocenters. The van der Waals surface area contributed by atoms with E-state index in [1.165, 1.54) is 32.8 Å². The van der Waals surface area contributed by atoms with Crippen LogP contribution in [0.5, 0.6) is 5.75 Å². The Bertz CT molecular complexity index is 449. The van der Waals surface area contributed by atoms with E-state index in [4.69, 9.17) is 4.74 Å². The molecular formula is C18H28FNO. The number of benzene rings is 1. The van der Waals surface area contributed by atoms with Crippen LogP contribution in [0.3, 0.4) is 0 Å². The molecule has 1 aliphatic carbocycles. The molecule has 1 aliphatic rings. The highest BCUT2D eigenvalue weighted by Crippen LogP contribution is 2.34. The van der Waals surface area contributed by atoms with Crippen molar-refractivity contribution in [3.63, 3.8) is 0 Å². The second-order valence-corrected chi connectivity index (χ2v) is 6.18. The third-order valence-electron chi connectivity index (χ3n) is 4.85. The van der Waals surface area contributed by atoms with Gasteiger partial charge >= 0.3 is 0 Å². The van der Waals surface area contributed by atoms with Crippen LogP contribution in [-0.4, -0.2) is 19.7 Å². The molecule has 1 fully saturated rings. The minimum atomic E-state index is -0.252. The molecular weight excluding hydrogens is 265 g/mol. The number of methoxy groups -OCH3 is 1. The Morgan fingerprint density at radius 1 is 1.29 bits per heavy atom. The molecule has 0 heterocycles. The first-order chi connectivity index (χ1) is 10.2. The summed E-state index contributed by atoms with van der Waals surface area (Å²) in [4.78, 5) is 0. The number of ether oxygens (including phenoxy) is 1. The molecule has 1 aromatic carbocycles. The van der Waals surface area contributed by atoms with E-state index < -0.39 is 0 Å². The van der Waals surface area contributed by atoms with Crippen molar-refractivity contribution in [2.45, 2.75) is 52.0 Å². The van der Waals surface area contributed by atoms with E-state index in [9.17, 15) is 4.39 Å². The minimum Gasteiger partial charge on any atom is -0.494 e. The first-order valence-electron chi connectivity index (χ1n) is 8.23. The molecule has 0 saturated heterocycles. The Morgan fingerprint density at radius 3 is 2.71 bits per heavy atom. The molecule has 21 heavy (non-hydrogen) atoms. The number of hydrogen-bond donors (Lipinski definition) is 1. The minimum absolute atomic E-state index is 0.252. The molecule has 1 saturated carbocycles. The fraction of sp³-hybridized carbons (Fsp3) is 0.667. The van der Waals surface area contributed by atoms with Gasteiger partial charge in [0.15, 0.2) is 11.6 Å². The standard InChI is InChI=1S/C18H28FNO/c1-4-13-6-8-17(20-5-2)15(10-13)11-14-7-9-18(21-3)16(19)12-14/h7,9,12-13,15,17,20H,4-6,8,10-11H2,1-3H3. The molecule has 118 valence electrons. The highest BCUT2D eigenvalue weighted by Gasteiger charge is 2.29. The van der Waals surface area contributed by atoms with Gasteiger partial charge in [-0.1, -0.05) is 26.3 Å². The van der Waals surface area contributed by atoms with Crippen molar-refractivity contribution < 1.29 is 9.13 Å². The van der Waals surface area contributed by atoms with E-state index in [0.29, 0.717) is 17.7 Å². The van der Waals surface area contributed by atoms with Crippen LogP contribution < -0.4 is 10.1 Å². The van der Waals surface area contributed by atoms with Gasteiger partial charge < -0.3 is 10.1 Å². The van der Waals surface area contributed by atoms with Crippen LogP contribution in [0, 0.1) is 17.7 Å². The summed E-state index contributed by atoms with van der Waals surface area (Å²) < 4.78 is 18.8. The smallest absolute Gasteiger partial charge is 0.165 e. The molecule has 3 heteroatoms. The summed E-state index contributed by atoms with van der Waals surface area (Å²) in [6.45, 7) is 5.45. The summed E-state index contributed by atoms with van der Waals surface area (Å²) in [7, 11) is 1.51. The van der Waals surface area contributed by atoms with Crippen LogP contribution in [0.4, 0.5) is 4.39 Å². The summed E-state index contributed by atoms with van der Waals surface area (Å²) in [6, 6.07) is 5.95. The van der Waals surface area contributed by atoms with Crippen LogP contribution in [0.2, 0.25) is 0 Å². The Balaban J connectivity index is 2.07. The van der Waals surface area contributed by atoms with Crippen molar-refractivity contribution in [1.29, 1.82) is 0 Å². The molecule has 0 aliphatic heterocycles. The van der Waals surface area contributed by atoms with Crippen molar-refractivity contribution in [2.75, 3.05) is 13.7 Å². The maximum Gasteiger partial charge on any atom is 0.165 e. The fourth-order valence-corrected chi connectivity index (χ4v) is 3.63. The van der Waals surface area contributed by atoms with Crippen LogP contribution in [0.25, 0.3) is 0 Å². The number of halogens is 1. The summed E-state index contributed by atoms with van der Waals surface area (Å²) in [5.74, 6) is 1.51. The molecule has 0 aromatic heterocycles. The Hall–Kier alpha value is -1.09. The second kappa shape index (κ2) is 7.79. The summed E-state index contributed by atoms with van der Waals surface area (Å²) in [5.41, 5.74) is 1.08. The monoisotopic (exact) mass is 293 g/mol. The van der Waals surface area contributed by atoms with Gasteiger partial charge in [0.25, 0.3) is 0 Å². The van der Waals surface area contributed by atoms with E-state index in [1.54, 1.807) is 12.1 Å². The predicted molar refractivity (Wildman–Crippen MR) is 85.2 cm³/mol. The van der Waals surface area contributed by atoms with Crippen molar-refractivity contribution >= 4 is 0 Å². The molecule has 2 nitrogen and oxygen atoms in total. The highest BCUT2D eigenvalue weighted by molar-refractivity contribution is 5.29. The maximum absolute atomic E-state index is 13.9. The van der Waals surface area contributed by atoms with Gasteiger partial charge in [-0.2, -0.15) is 0 Å². The van der Waals surface area contributed by atoms with Crippen LogP contribution >= 0.6 is 0 Å². The average molecular weight is 293 g/mol. The number of rotatable bonds is 6. The van der Waals surface area contributed by atoms with Crippen LogP contribution in [0.1, 0.15) is 45.1 Å². The molecule has 3 atom stereocenters. The quantitative estimate of drug-likeness (QED) is 0.849. The number of hydrogen-bond acceptors (Lipinski definition) is 2. The van der Waals surface area contributed by atoms with E-state index in [-0.39, 0.29) is 5.82 Å². The van der Waals surface area contributed by atoms with Gasteiger partial charge in [-0.25, -0.2) is 4.39 Å². The summed E-state index contributed by atoms with van der Waals surface area (Å²) in [6.07, 6.45) is 6.03. The molecule has 0 spiro atoms. The summed E-state index contributed by atoms with van der Waals surface area (Å²) >= 11 is 0. The van der Waals surface area contributed by atoms with Gasteiger partial charge in [0, 0.05) is 6.04 Å². The molecule has 1 N–H and O–H groups in total. The highest BCUT2D eigenvalue weighted by atomic mass is 19.1. The summed E-state index contributed by atoms with van der Waals surface area (Å²) in [5, 5.41) is 3.62. The zero-order valence-corrected chi connectivity index (χ0v) is 13.5. The third kappa shape index (κ3) is 4.19. The first kappa shape index (κ1) is 16.3. The second-order valence-electron chi connectivity index (χ2n) is 6.18. The Morgan fingerprint density at radius 2 is 2.10 bits per heavy atom. The van der Waals surface area contributed by atoms with E-state index >= 15 is 0 Å². The van der Waals surface area contributed by atoms with Gasteiger partial charge in [0.2, 0.25) is 0 Å². The lowest BCUT2D eigenvalue weighted by Gasteiger charge is -2.36. The molecule has 1 aromatic rings. The van der Waals surface area contributed by atoms with Gasteiger partial charge in [0.1, 0.15) is 0 Å².